The van der Waals surface area contributed by atoms with Gasteiger partial charge in [-0.25, -0.2) is 13.6 Å². The lowest BCUT2D eigenvalue weighted by molar-refractivity contribution is 0.0698. The normalized spacial score (nSPS) is 10.4. The van der Waals surface area contributed by atoms with Crippen molar-refractivity contribution in [2.75, 3.05) is 0 Å². The van der Waals surface area contributed by atoms with Crippen molar-refractivity contribution < 1.29 is 18.7 Å². The molecule has 0 unspecified atom stereocenters. The molecule has 0 aliphatic rings. The van der Waals surface area contributed by atoms with Gasteiger partial charge in [-0.15, -0.1) is 0 Å². The number of carboxylic acid groups (broad SMARTS) is 1. The molecule has 18 heavy (non-hydrogen) atoms. The van der Waals surface area contributed by atoms with Crippen LogP contribution in [0.1, 0.15) is 10.4 Å². The van der Waals surface area contributed by atoms with Gasteiger partial charge in [0.05, 0.1) is 10.6 Å². The van der Waals surface area contributed by atoms with Crippen molar-refractivity contribution in [3.8, 4) is 11.1 Å². The van der Waals surface area contributed by atoms with Crippen LogP contribution in [0.4, 0.5) is 8.78 Å². The van der Waals surface area contributed by atoms with Crippen molar-refractivity contribution in [3.63, 3.8) is 0 Å². The molecular weight excluding hydrogens is 264 g/mol. The third-order valence-corrected chi connectivity index (χ3v) is 2.64. The van der Waals surface area contributed by atoms with Gasteiger partial charge in [-0.1, -0.05) is 23.7 Å². The van der Waals surface area contributed by atoms with Crippen LogP contribution in [0.5, 0.6) is 0 Å². The van der Waals surface area contributed by atoms with Crippen LogP contribution in [0.2, 0.25) is 5.02 Å². The van der Waals surface area contributed by atoms with Gasteiger partial charge in [0, 0.05) is 23.5 Å². The van der Waals surface area contributed by atoms with Crippen molar-refractivity contribution in [2.24, 2.45) is 0 Å². The van der Waals surface area contributed by atoms with Gasteiger partial charge in [0.25, 0.3) is 0 Å². The smallest absolute Gasteiger partial charge is 0.337 e. The van der Waals surface area contributed by atoms with Gasteiger partial charge in [-0.05, 0) is 6.07 Å². The molecule has 0 atom stereocenters. The molecule has 0 aliphatic carbocycles. The maximum atomic E-state index is 13.6. The van der Waals surface area contributed by atoms with Gasteiger partial charge < -0.3 is 5.11 Å². The van der Waals surface area contributed by atoms with Crippen molar-refractivity contribution >= 4 is 17.6 Å². The van der Waals surface area contributed by atoms with Gasteiger partial charge in [-0.2, -0.15) is 0 Å². The molecule has 0 saturated carbocycles. The Morgan fingerprint density at radius 2 is 1.94 bits per heavy atom. The zero-order valence-corrected chi connectivity index (χ0v) is 9.58. The Bertz CT molecular complexity index is 631. The molecule has 0 amide bonds. The highest BCUT2D eigenvalue weighted by Gasteiger charge is 2.19. The van der Waals surface area contributed by atoms with Crippen molar-refractivity contribution in [3.05, 3.63) is 52.8 Å². The Labute approximate surface area is 106 Å². The molecule has 92 valence electrons. The number of aromatic carboxylic acids is 1. The Kier molecular flexibility index (Phi) is 3.25. The second-order valence-electron chi connectivity index (χ2n) is 3.45. The number of halogens is 3. The van der Waals surface area contributed by atoms with E-state index < -0.39 is 17.6 Å². The Balaban J connectivity index is 2.75. The quantitative estimate of drug-likeness (QED) is 0.909. The van der Waals surface area contributed by atoms with E-state index >= 15 is 0 Å². The van der Waals surface area contributed by atoms with E-state index in [1.54, 1.807) is 0 Å². The molecule has 1 aromatic carbocycles. The first-order valence-electron chi connectivity index (χ1n) is 4.83. The van der Waals surface area contributed by atoms with Gasteiger partial charge in [0.15, 0.2) is 11.6 Å². The summed E-state index contributed by atoms with van der Waals surface area (Å²) in [4.78, 5) is 14.8. The standard InChI is InChI=1S/C12H6ClF2NO2/c13-8-5-16-4-7(10(8)12(17)18)6-2-1-3-9(14)11(6)15/h1-5H,(H,17,18). The minimum atomic E-state index is -1.33. The van der Waals surface area contributed by atoms with E-state index in [0.717, 1.165) is 18.5 Å². The minimum Gasteiger partial charge on any atom is -0.478 e. The molecule has 1 N–H and O–H groups in total. The molecule has 0 bridgehead atoms. The third kappa shape index (κ3) is 2.04. The zero-order chi connectivity index (χ0) is 13.3. The molecule has 0 saturated heterocycles. The second kappa shape index (κ2) is 4.70. The molecule has 0 aliphatic heterocycles. The van der Waals surface area contributed by atoms with Gasteiger partial charge in [0.1, 0.15) is 0 Å². The summed E-state index contributed by atoms with van der Waals surface area (Å²) in [6, 6.07) is 3.48. The van der Waals surface area contributed by atoms with Crippen LogP contribution in [0.3, 0.4) is 0 Å². The molecule has 6 heteroatoms. The van der Waals surface area contributed by atoms with Crippen molar-refractivity contribution in [1.29, 1.82) is 0 Å². The number of hydrogen-bond acceptors (Lipinski definition) is 2. The van der Waals surface area contributed by atoms with E-state index in [1.165, 1.54) is 12.1 Å². The lowest BCUT2D eigenvalue weighted by atomic mass is 10.0. The highest BCUT2D eigenvalue weighted by molar-refractivity contribution is 6.34. The number of carbonyl (C=O) groups is 1. The zero-order valence-electron chi connectivity index (χ0n) is 8.82. The number of aromatic nitrogens is 1. The second-order valence-corrected chi connectivity index (χ2v) is 3.86. The number of benzene rings is 1. The number of carboxylic acids is 1. The van der Waals surface area contributed by atoms with E-state index in [0.29, 0.717) is 0 Å². The number of nitrogens with zero attached hydrogens (tertiary/aromatic N) is 1. The van der Waals surface area contributed by atoms with E-state index in [2.05, 4.69) is 4.98 Å². The average Bonchev–Trinajstić information content (AvgIpc) is 2.32. The van der Waals surface area contributed by atoms with Crippen LogP contribution in [0.15, 0.2) is 30.6 Å². The summed E-state index contributed by atoms with van der Waals surface area (Å²) in [5, 5.41) is 8.90. The predicted molar refractivity (Wildman–Crippen MR) is 61.6 cm³/mol. The van der Waals surface area contributed by atoms with Crippen LogP contribution in [-0.4, -0.2) is 16.1 Å². The molecule has 3 nitrogen and oxygen atoms in total. The molecule has 1 aromatic heterocycles. The molecule has 0 fully saturated rings. The highest BCUT2D eigenvalue weighted by Crippen LogP contribution is 2.30. The van der Waals surface area contributed by atoms with Crippen LogP contribution in [0, 0.1) is 11.6 Å². The van der Waals surface area contributed by atoms with E-state index in [1.807, 2.05) is 0 Å². The summed E-state index contributed by atoms with van der Waals surface area (Å²) in [5.41, 5.74) is -0.564. The Morgan fingerprint density at radius 3 is 2.61 bits per heavy atom. The fourth-order valence-electron chi connectivity index (χ4n) is 1.57. The minimum absolute atomic E-state index is 0.0630. The summed E-state index contributed by atoms with van der Waals surface area (Å²) in [6.07, 6.45) is 2.26. The first-order chi connectivity index (χ1) is 8.52. The lowest BCUT2D eigenvalue weighted by Gasteiger charge is -2.08. The first kappa shape index (κ1) is 12.4. The van der Waals surface area contributed by atoms with Gasteiger partial charge in [0.2, 0.25) is 0 Å². The number of rotatable bonds is 2. The van der Waals surface area contributed by atoms with Gasteiger partial charge in [-0.3, -0.25) is 4.98 Å². The monoisotopic (exact) mass is 269 g/mol. The van der Waals surface area contributed by atoms with Crippen molar-refractivity contribution in [2.45, 2.75) is 0 Å². The molecule has 0 spiro atoms. The van der Waals surface area contributed by atoms with E-state index in [9.17, 15) is 13.6 Å². The maximum absolute atomic E-state index is 13.6. The third-order valence-electron chi connectivity index (χ3n) is 2.36. The highest BCUT2D eigenvalue weighted by atomic mass is 35.5. The summed E-state index contributed by atoms with van der Waals surface area (Å²) >= 11 is 5.71. The van der Waals surface area contributed by atoms with E-state index in [4.69, 9.17) is 16.7 Å². The summed E-state index contributed by atoms with van der Waals surface area (Å²) in [5.74, 6) is -3.53. The number of hydrogen-bond donors (Lipinski definition) is 1. The molecule has 2 rings (SSSR count). The molecular formula is C12H6ClF2NO2. The maximum Gasteiger partial charge on any atom is 0.337 e. The fourth-order valence-corrected chi connectivity index (χ4v) is 1.81. The summed E-state index contributed by atoms with van der Waals surface area (Å²) in [7, 11) is 0. The topological polar surface area (TPSA) is 50.2 Å². The molecule has 1 heterocycles. The van der Waals surface area contributed by atoms with Crippen molar-refractivity contribution in [1.82, 2.24) is 4.98 Å². The SMILES string of the molecule is O=C(O)c1c(Cl)cncc1-c1cccc(F)c1F. The Hall–Kier alpha value is -2.01. The largest absolute Gasteiger partial charge is 0.478 e. The molecule has 0 radical (unpaired) electrons. The van der Waals surface area contributed by atoms with Crippen LogP contribution < -0.4 is 0 Å². The predicted octanol–water partition coefficient (Wildman–Crippen LogP) is 3.38. The summed E-state index contributed by atoms with van der Waals surface area (Å²) in [6.45, 7) is 0. The lowest BCUT2D eigenvalue weighted by Crippen LogP contribution is -2.03. The molecule has 2 aromatic rings. The van der Waals surface area contributed by atoms with Crippen LogP contribution >= 0.6 is 11.6 Å². The van der Waals surface area contributed by atoms with Crippen LogP contribution in [0.25, 0.3) is 11.1 Å². The van der Waals surface area contributed by atoms with Gasteiger partial charge >= 0.3 is 5.97 Å². The number of pyridine rings is 1. The first-order valence-corrected chi connectivity index (χ1v) is 5.21. The van der Waals surface area contributed by atoms with Crippen LogP contribution in [-0.2, 0) is 0 Å². The van der Waals surface area contributed by atoms with E-state index in [-0.39, 0.29) is 21.7 Å². The summed E-state index contributed by atoms with van der Waals surface area (Å²) < 4.78 is 26.7. The average molecular weight is 270 g/mol. The Morgan fingerprint density at radius 1 is 1.22 bits per heavy atom. The fraction of sp³-hybridized carbons (Fsp3) is 0.